The Morgan fingerprint density at radius 2 is 2.11 bits per heavy atom. The standard InChI is InChI=1S/C14H16BrN3O/c15-12-5-4-11(9-16)13(8-12)17-10-14(19)18-6-2-1-3-7-18/h4-5,8,17H,1-3,6-7,10H2. The Bertz CT molecular complexity index is 504. The first-order valence-electron chi connectivity index (χ1n) is 6.42. The van der Waals surface area contributed by atoms with E-state index in [1.54, 1.807) is 6.07 Å². The molecule has 1 amide bonds. The molecule has 1 aliphatic heterocycles. The van der Waals surface area contributed by atoms with Crippen molar-refractivity contribution in [3.8, 4) is 6.07 Å². The molecule has 0 saturated carbocycles. The van der Waals surface area contributed by atoms with Crippen molar-refractivity contribution < 1.29 is 4.79 Å². The smallest absolute Gasteiger partial charge is 0.241 e. The molecule has 4 nitrogen and oxygen atoms in total. The van der Waals surface area contributed by atoms with Gasteiger partial charge in [-0.3, -0.25) is 4.79 Å². The molecule has 1 aromatic rings. The molecule has 1 aliphatic rings. The number of rotatable bonds is 3. The van der Waals surface area contributed by atoms with Crippen LogP contribution in [0.25, 0.3) is 0 Å². The molecule has 0 spiro atoms. The zero-order valence-electron chi connectivity index (χ0n) is 10.7. The van der Waals surface area contributed by atoms with Gasteiger partial charge in [-0.15, -0.1) is 0 Å². The minimum Gasteiger partial charge on any atom is -0.375 e. The van der Waals surface area contributed by atoms with Gasteiger partial charge in [0.25, 0.3) is 0 Å². The quantitative estimate of drug-likeness (QED) is 0.931. The molecule has 0 atom stereocenters. The molecular weight excluding hydrogens is 306 g/mol. The highest BCUT2D eigenvalue weighted by Gasteiger charge is 2.16. The van der Waals surface area contributed by atoms with E-state index in [1.165, 1.54) is 6.42 Å². The van der Waals surface area contributed by atoms with Crippen LogP contribution < -0.4 is 5.32 Å². The number of hydrogen-bond donors (Lipinski definition) is 1. The van der Waals surface area contributed by atoms with Crippen molar-refractivity contribution in [1.82, 2.24) is 4.90 Å². The third kappa shape index (κ3) is 3.71. The van der Waals surface area contributed by atoms with Crippen LogP contribution in [0.15, 0.2) is 22.7 Å². The molecule has 1 heterocycles. The van der Waals surface area contributed by atoms with Gasteiger partial charge in [-0.1, -0.05) is 15.9 Å². The Hall–Kier alpha value is -1.54. The molecule has 1 fully saturated rings. The maximum absolute atomic E-state index is 12.0. The first kappa shape index (κ1) is 13.9. The Kier molecular flexibility index (Phi) is 4.80. The van der Waals surface area contributed by atoms with Crippen LogP contribution in [0.3, 0.4) is 0 Å². The molecule has 19 heavy (non-hydrogen) atoms. The number of hydrogen-bond acceptors (Lipinski definition) is 3. The zero-order valence-corrected chi connectivity index (χ0v) is 12.2. The number of anilines is 1. The number of piperidine rings is 1. The lowest BCUT2D eigenvalue weighted by Gasteiger charge is -2.27. The summed E-state index contributed by atoms with van der Waals surface area (Å²) in [5, 5.41) is 12.1. The predicted molar refractivity (Wildman–Crippen MR) is 77.8 cm³/mol. The molecule has 5 heteroatoms. The summed E-state index contributed by atoms with van der Waals surface area (Å²) in [5.41, 5.74) is 1.25. The van der Waals surface area contributed by atoms with Gasteiger partial charge in [0.05, 0.1) is 17.8 Å². The zero-order chi connectivity index (χ0) is 13.7. The second kappa shape index (κ2) is 6.58. The Labute approximate surface area is 121 Å². The highest BCUT2D eigenvalue weighted by Crippen LogP contribution is 2.20. The van der Waals surface area contributed by atoms with Gasteiger partial charge in [-0.05, 0) is 37.5 Å². The Morgan fingerprint density at radius 1 is 1.37 bits per heavy atom. The van der Waals surface area contributed by atoms with Crippen molar-refractivity contribution in [3.63, 3.8) is 0 Å². The van der Waals surface area contributed by atoms with Crippen molar-refractivity contribution in [2.24, 2.45) is 0 Å². The van der Waals surface area contributed by atoms with Gasteiger partial charge < -0.3 is 10.2 Å². The van der Waals surface area contributed by atoms with E-state index in [-0.39, 0.29) is 12.5 Å². The Morgan fingerprint density at radius 3 is 2.79 bits per heavy atom. The van der Waals surface area contributed by atoms with Gasteiger partial charge in [0, 0.05) is 17.6 Å². The summed E-state index contributed by atoms with van der Waals surface area (Å²) in [6.45, 7) is 1.94. The van der Waals surface area contributed by atoms with Crippen LogP contribution in [0.5, 0.6) is 0 Å². The number of halogens is 1. The van der Waals surface area contributed by atoms with Gasteiger partial charge in [-0.25, -0.2) is 0 Å². The second-order valence-electron chi connectivity index (χ2n) is 4.60. The van der Waals surface area contributed by atoms with Crippen LogP contribution in [-0.2, 0) is 4.79 Å². The van der Waals surface area contributed by atoms with E-state index < -0.39 is 0 Å². The number of carbonyl (C=O) groups is 1. The van der Waals surface area contributed by atoms with Crippen LogP contribution in [0.4, 0.5) is 5.69 Å². The lowest BCUT2D eigenvalue weighted by molar-refractivity contribution is -0.130. The topological polar surface area (TPSA) is 56.1 Å². The highest BCUT2D eigenvalue weighted by atomic mass is 79.9. The highest BCUT2D eigenvalue weighted by molar-refractivity contribution is 9.10. The molecule has 1 aromatic carbocycles. The van der Waals surface area contributed by atoms with E-state index in [1.807, 2.05) is 17.0 Å². The summed E-state index contributed by atoms with van der Waals surface area (Å²) in [6.07, 6.45) is 3.39. The van der Waals surface area contributed by atoms with Crippen molar-refractivity contribution in [1.29, 1.82) is 5.26 Å². The molecule has 0 radical (unpaired) electrons. The number of likely N-dealkylation sites (tertiary alicyclic amines) is 1. The van der Waals surface area contributed by atoms with Gasteiger partial charge >= 0.3 is 0 Å². The first-order chi connectivity index (χ1) is 9.20. The molecule has 1 saturated heterocycles. The summed E-state index contributed by atoms with van der Waals surface area (Å²) in [7, 11) is 0. The van der Waals surface area contributed by atoms with Gasteiger partial charge in [0.1, 0.15) is 6.07 Å². The van der Waals surface area contributed by atoms with Crippen LogP contribution in [0, 0.1) is 11.3 Å². The lowest BCUT2D eigenvalue weighted by Crippen LogP contribution is -2.39. The van der Waals surface area contributed by atoms with E-state index in [2.05, 4.69) is 27.3 Å². The number of nitriles is 1. The summed E-state index contributed by atoms with van der Waals surface area (Å²) < 4.78 is 0.888. The average molecular weight is 322 g/mol. The van der Waals surface area contributed by atoms with Crippen LogP contribution in [-0.4, -0.2) is 30.4 Å². The number of amides is 1. The fourth-order valence-corrected chi connectivity index (χ4v) is 2.55. The molecule has 0 aliphatic carbocycles. The Balaban J connectivity index is 1.96. The lowest BCUT2D eigenvalue weighted by atomic mass is 10.1. The first-order valence-corrected chi connectivity index (χ1v) is 7.21. The monoisotopic (exact) mass is 321 g/mol. The maximum Gasteiger partial charge on any atom is 0.241 e. The van der Waals surface area contributed by atoms with Crippen LogP contribution in [0.1, 0.15) is 24.8 Å². The number of benzene rings is 1. The number of nitrogens with zero attached hydrogens (tertiary/aromatic N) is 2. The molecular formula is C14H16BrN3O. The molecule has 0 aromatic heterocycles. The minimum absolute atomic E-state index is 0.101. The second-order valence-corrected chi connectivity index (χ2v) is 5.51. The molecule has 0 bridgehead atoms. The van der Waals surface area contributed by atoms with E-state index in [0.717, 1.165) is 30.4 Å². The third-order valence-electron chi connectivity index (χ3n) is 3.24. The maximum atomic E-state index is 12.0. The van der Waals surface area contributed by atoms with Crippen molar-refractivity contribution in [3.05, 3.63) is 28.2 Å². The van der Waals surface area contributed by atoms with E-state index in [0.29, 0.717) is 11.3 Å². The van der Waals surface area contributed by atoms with E-state index >= 15 is 0 Å². The SMILES string of the molecule is N#Cc1ccc(Br)cc1NCC(=O)N1CCCCC1. The normalized spacial score (nSPS) is 14.8. The minimum atomic E-state index is 0.101. The van der Waals surface area contributed by atoms with Gasteiger partial charge in [-0.2, -0.15) is 5.26 Å². The predicted octanol–water partition coefficient (Wildman–Crippen LogP) is 2.75. The summed E-state index contributed by atoms with van der Waals surface area (Å²) in [6, 6.07) is 7.49. The number of nitrogens with one attached hydrogen (secondary N) is 1. The summed E-state index contributed by atoms with van der Waals surface area (Å²) in [4.78, 5) is 13.9. The number of carbonyl (C=O) groups excluding carboxylic acids is 1. The van der Waals surface area contributed by atoms with E-state index in [4.69, 9.17) is 5.26 Å². The van der Waals surface area contributed by atoms with Gasteiger partial charge in [0.15, 0.2) is 0 Å². The largest absolute Gasteiger partial charge is 0.375 e. The molecule has 1 N–H and O–H groups in total. The van der Waals surface area contributed by atoms with Crippen molar-refractivity contribution in [2.75, 3.05) is 25.0 Å². The molecule has 2 rings (SSSR count). The fourth-order valence-electron chi connectivity index (χ4n) is 2.19. The summed E-state index contributed by atoms with van der Waals surface area (Å²) in [5.74, 6) is 0.101. The van der Waals surface area contributed by atoms with Crippen molar-refractivity contribution in [2.45, 2.75) is 19.3 Å². The van der Waals surface area contributed by atoms with Gasteiger partial charge in [0.2, 0.25) is 5.91 Å². The molecule has 100 valence electrons. The van der Waals surface area contributed by atoms with E-state index in [9.17, 15) is 4.79 Å². The average Bonchev–Trinajstić information content (AvgIpc) is 2.46. The fraction of sp³-hybridized carbons (Fsp3) is 0.429. The van der Waals surface area contributed by atoms with Crippen molar-refractivity contribution >= 4 is 27.5 Å². The molecule has 0 unspecified atom stereocenters. The summed E-state index contributed by atoms with van der Waals surface area (Å²) >= 11 is 3.36. The van der Waals surface area contributed by atoms with Crippen LogP contribution >= 0.6 is 15.9 Å². The van der Waals surface area contributed by atoms with Crippen LogP contribution in [0.2, 0.25) is 0 Å². The third-order valence-corrected chi connectivity index (χ3v) is 3.73.